The van der Waals surface area contributed by atoms with Gasteiger partial charge in [0.15, 0.2) is 0 Å². The van der Waals surface area contributed by atoms with Crippen molar-refractivity contribution < 1.29 is 9.53 Å². The number of nitrogens with zero attached hydrogens (tertiary/aromatic N) is 3. The number of hydrogen-bond acceptors (Lipinski definition) is 4. The Bertz CT molecular complexity index is 678. The fraction of sp³-hybridized carbons (Fsp3) is 0. The van der Waals surface area contributed by atoms with Crippen LogP contribution in [-0.4, -0.2) is 30.6 Å². The molecule has 1 heterocycles. The number of aromatic nitrogens is 3. The Morgan fingerprint density at radius 2 is 1.72 bits per heavy atom. The minimum atomic E-state index is 0.0473. The van der Waals surface area contributed by atoms with Gasteiger partial charge in [-0.05, 0) is 24.3 Å². The van der Waals surface area contributed by atoms with Crippen molar-refractivity contribution in [3.05, 3.63) is 42.5 Å². The molecule has 0 aliphatic carbocycles. The number of fused-ring (bicyclic) bond motifs is 1. The van der Waals surface area contributed by atoms with Gasteiger partial charge in [-0.15, -0.1) is 15.0 Å². The molecule has 0 bridgehead atoms. The zero-order valence-corrected chi connectivity index (χ0v) is 10.2. The summed E-state index contributed by atoms with van der Waals surface area (Å²) in [6.45, 7) is 0. The predicted octanol–water partition coefficient (Wildman–Crippen LogP) is 1.59. The SMILES string of the molecule is Oc1cc(O[Si])ccc1-n1nc2ccccc2n1. The monoisotopic (exact) mass is 254 g/mol. The molecule has 0 aliphatic heterocycles. The van der Waals surface area contributed by atoms with Gasteiger partial charge in [0.2, 0.25) is 0 Å². The number of phenols is 1. The Hall–Kier alpha value is -2.34. The maximum atomic E-state index is 9.90. The van der Waals surface area contributed by atoms with Crippen LogP contribution in [0.15, 0.2) is 42.5 Å². The van der Waals surface area contributed by atoms with Crippen molar-refractivity contribution in [3.8, 4) is 17.2 Å². The second-order valence-corrected chi connectivity index (χ2v) is 3.93. The molecule has 2 aromatic carbocycles. The molecule has 5 nitrogen and oxygen atoms in total. The first-order valence-corrected chi connectivity index (χ1v) is 5.68. The van der Waals surface area contributed by atoms with Gasteiger partial charge in [0, 0.05) is 6.07 Å². The average Bonchev–Trinajstić information content (AvgIpc) is 2.81. The van der Waals surface area contributed by atoms with Crippen LogP contribution < -0.4 is 4.43 Å². The van der Waals surface area contributed by atoms with Gasteiger partial charge in [0.05, 0.1) is 0 Å². The standard InChI is InChI=1S/C12H8N3O2Si/c16-12-7-8(17-18)5-6-11(12)15-13-9-3-1-2-4-10(9)14-15/h1-7,16H. The summed E-state index contributed by atoms with van der Waals surface area (Å²) in [6.07, 6.45) is 0. The molecule has 1 aromatic heterocycles. The van der Waals surface area contributed by atoms with Gasteiger partial charge in [-0.25, -0.2) is 0 Å². The van der Waals surface area contributed by atoms with Crippen LogP contribution in [0.1, 0.15) is 0 Å². The maximum absolute atomic E-state index is 9.90. The second kappa shape index (κ2) is 4.15. The van der Waals surface area contributed by atoms with E-state index >= 15 is 0 Å². The van der Waals surface area contributed by atoms with Crippen molar-refractivity contribution in [2.75, 3.05) is 0 Å². The topological polar surface area (TPSA) is 60.2 Å². The summed E-state index contributed by atoms with van der Waals surface area (Å²) in [5.74, 6) is 0.552. The molecule has 18 heavy (non-hydrogen) atoms. The first-order chi connectivity index (χ1) is 8.78. The lowest BCUT2D eigenvalue weighted by molar-refractivity contribution is 0.464. The second-order valence-electron chi connectivity index (χ2n) is 3.73. The third-order valence-corrected chi connectivity index (χ3v) is 2.80. The van der Waals surface area contributed by atoms with Crippen molar-refractivity contribution in [1.82, 2.24) is 15.0 Å². The van der Waals surface area contributed by atoms with E-state index < -0.39 is 0 Å². The van der Waals surface area contributed by atoms with Gasteiger partial charge in [-0.2, -0.15) is 0 Å². The molecule has 87 valence electrons. The Balaban J connectivity index is 2.14. The maximum Gasteiger partial charge on any atom is 0.341 e. The fourth-order valence-corrected chi connectivity index (χ4v) is 1.83. The lowest BCUT2D eigenvalue weighted by atomic mass is 10.3. The highest BCUT2D eigenvalue weighted by Gasteiger charge is 2.09. The summed E-state index contributed by atoms with van der Waals surface area (Å²) in [6, 6.07) is 12.4. The quantitative estimate of drug-likeness (QED) is 0.705. The van der Waals surface area contributed by atoms with Crippen LogP contribution in [0.5, 0.6) is 11.5 Å². The summed E-state index contributed by atoms with van der Waals surface area (Å²) in [5, 5.41) is 18.5. The van der Waals surface area contributed by atoms with E-state index in [1.807, 2.05) is 24.3 Å². The van der Waals surface area contributed by atoms with E-state index in [0.29, 0.717) is 11.4 Å². The number of benzene rings is 2. The average molecular weight is 254 g/mol. The Labute approximate surface area is 106 Å². The molecule has 3 radical (unpaired) electrons. The molecular formula is C12H8N3O2Si. The highest BCUT2D eigenvalue weighted by molar-refractivity contribution is 6.00. The van der Waals surface area contributed by atoms with Crippen LogP contribution in [0, 0.1) is 0 Å². The van der Waals surface area contributed by atoms with E-state index in [2.05, 4.69) is 20.7 Å². The first-order valence-electron chi connectivity index (χ1n) is 5.27. The molecule has 0 amide bonds. The molecule has 3 rings (SSSR count). The molecule has 0 fully saturated rings. The van der Waals surface area contributed by atoms with Crippen LogP contribution >= 0.6 is 0 Å². The van der Waals surface area contributed by atoms with Crippen molar-refractivity contribution in [2.45, 2.75) is 0 Å². The molecule has 1 N–H and O–H groups in total. The third-order valence-electron chi connectivity index (χ3n) is 2.57. The molecule has 0 saturated heterocycles. The number of hydrogen-bond donors (Lipinski definition) is 1. The Morgan fingerprint density at radius 1 is 1.06 bits per heavy atom. The zero-order chi connectivity index (χ0) is 12.5. The predicted molar refractivity (Wildman–Crippen MR) is 66.9 cm³/mol. The fourth-order valence-electron chi connectivity index (χ4n) is 1.70. The normalized spacial score (nSPS) is 10.7. The zero-order valence-electron chi connectivity index (χ0n) is 9.24. The van der Waals surface area contributed by atoms with Crippen LogP contribution in [0.2, 0.25) is 0 Å². The summed E-state index contributed by atoms with van der Waals surface area (Å²) in [4.78, 5) is 1.40. The first kappa shape index (κ1) is 10.8. The van der Waals surface area contributed by atoms with Gasteiger partial charge in [-0.3, -0.25) is 0 Å². The van der Waals surface area contributed by atoms with Crippen LogP contribution in [0.4, 0.5) is 0 Å². The minimum Gasteiger partial charge on any atom is -0.540 e. The molecule has 0 unspecified atom stereocenters. The molecule has 6 heteroatoms. The minimum absolute atomic E-state index is 0.0473. The molecule has 0 atom stereocenters. The Kier molecular flexibility index (Phi) is 2.49. The van der Waals surface area contributed by atoms with E-state index in [0.717, 1.165) is 11.0 Å². The molecule has 0 aliphatic rings. The van der Waals surface area contributed by atoms with Crippen molar-refractivity contribution in [2.24, 2.45) is 0 Å². The van der Waals surface area contributed by atoms with Crippen molar-refractivity contribution in [3.63, 3.8) is 0 Å². The van der Waals surface area contributed by atoms with E-state index in [1.165, 1.54) is 10.9 Å². The van der Waals surface area contributed by atoms with Gasteiger partial charge >= 0.3 is 10.5 Å². The van der Waals surface area contributed by atoms with Crippen LogP contribution in [-0.2, 0) is 0 Å². The van der Waals surface area contributed by atoms with E-state index in [4.69, 9.17) is 4.43 Å². The molecule has 0 saturated carbocycles. The summed E-state index contributed by atoms with van der Waals surface area (Å²) in [5.41, 5.74) is 2.05. The molecular weight excluding hydrogens is 246 g/mol. The summed E-state index contributed by atoms with van der Waals surface area (Å²) in [7, 11) is 2.90. The molecule has 0 spiro atoms. The smallest absolute Gasteiger partial charge is 0.341 e. The number of aromatic hydroxyl groups is 1. The number of rotatable bonds is 2. The van der Waals surface area contributed by atoms with E-state index in [-0.39, 0.29) is 5.75 Å². The van der Waals surface area contributed by atoms with Crippen LogP contribution in [0.3, 0.4) is 0 Å². The van der Waals surface area contributed by atoms with Gasteiger partial charge in [0.1, 0.15) is 28.2 Å². The highest BCUT2D eigenvalue weighted by Crippen LogP contribution is 2.26. The lowest BCUT2D eigenvalue weighted by Crippen LogP contribution is -1.99. The number of phenolic OH excluding ortho intramolecular Hbond substituents is 1. The lowest BCUT2D eigenvalue weighted by Gasteiger charge is -2.05. The van der Waals surface area contributed by atoms with Crippen molar-refractivity contribution in [1.29, 1.82) is 0 Å². The highest BCUT2D eigenvalue weighted by atomic mass is 28.2. The molecule has 3 aromatic rings. The van der Waals surface area contributed by atoms with Gasteiger partial charge < -0.3 is 9.53 Å². The van der Waals surface area contributed by atoms with Crippen molar-refractivity contribution >= 4 is 21.5 Å². The van der Waals surface area contributed by atoms with Crippen LogP contribution in [0.25, 0.3) is 16.7 Å². The Morgan fingerprint density at radius 3 is 2.28 bits per heavy atom. The summed E-state index contributed by atoms with van der Waals surface area (Å²) < 4.78 is 4.84. The van der Waals surface area contributed by atoms with Gasteiger partial charge in [-0.1, -0.05) is 12.1 Å². The van der Waals surface area contributed by atoms with E-state index in [1.54, 1.807) is 12.1 Å². The summed E-state index contributed by atoms with van der Waals surface area (Å²) >= 11 is 0. The third kappa shape index (κ3) is 1.72. The van der Waals surface area contributed by atoms with E-state index in [9.17, 15) is 5.11 Å². The van der Waals surface area contributed by atoms with Gasteiger partial charge in [0.25, 0.3) is 0 Å². The largest absolute Gasteiger partial charge is 0.540 e.